The molecule has 0 aliphatic rings. The number of carbonyl (C=O) groups is 2. The van der Waals surface area contributed by atoms with Crippen molar-refractivity contribution in [3.8, 4) is 0 Å². The van der Waals surface area contributed by atoms with Gasteiger partial charge in [0.25, 0.3) is 0 Å². The zero-order chi connectivity index (χ0) is 16.5. The molecular formula is C17H18N3O3. The second-order valence-electron chi connectivity index (χ2n) is 4.79. The molecule has 23 heavy (non-hydrogen) atoms. The van der Waals surface area contributed by atoms with Crippen LogP contribution in [0, 0.1) is 6.92 Å². The minimum Gasteiger partial charge on any atom is -0.444 e. The van der Waals surface area contributed by atoms with Gasteiger partial charge in [0, 0.05) is 5.69 Å². The predicted octanol–water partition coefficient (Wildman–Crippen LogP) is 2.24. The number of carbonyl (C=O) groups excluding carboxylic acids is 2. The van der Waals surface area contributed by atoms with Gasteiger partial charge >= 0.3 is 6.09 Å². The number of hydrazine groups is 1. The molecule has 2 amide bonds. The van der Waals surface area contributed by atoms with Crippen molar-refractivity contribution in [3.63, 3.8) is 0 Å². The van der Waals surface area contributed by atoms with Crippen LogP contribution >= 0.6 is 0 Å². The lowest BCUT2D eigenvalue weighted by atomic mass is 10.2. The maximum Gasteiger partial charge on any atom is 0.421 e. The van der Waals surface area contributed by atoms with E-state index in [0.29, 0.717) is 5.69 Å². The van der Waals surface area contributed by atoms with Gasteiger partial charge in [0.1, 0.15) is 6.61 Å². The molecule has 0 saturated heterocycles. The van der Waals surface area contributed by atoms with Crippen LogP contribution in [-0.4, -0.2) is 18.5 Å². The monoisotopic (exact) mass is 312 g/mol. The minimum absolute atomic E-state index is 0.0815. The van der Waals surface area contributed by atoms with Gasteiger partial charge in [0.05, 0.1) is 6.54 Å². The van der Waals surface area contributed by atoms with Crippen molar-refractivity contribution in [2.45, 2.75) is 6.61 Å². The highest BCUT2D eigenvalue weighted by Crippen LogP contribution is 2.08. The van der Waals surface area contributed by atoms with Gasteiger partial charge in [-0.3, -0.25) is 10.2 Å². The third-order valence-electron chi connectivity index (χ3n) is 2.86. The third kappa shape index (κ3) is 6.19. The third-order valence-corrected chi connectivity index (χ3v) is 2.86. The fourth-order valence-electron chi connectivity index (χ4n) is 1.81. The Hall–Kier alpha value is -2.86. The molecular weight excluding hydrogens is 294 g/mol. The van der Waals surface area contributed by atoms with E-state index in [-0.39, 0.29) is 19.1 Å². The molecule has 2 aromatic rings. The van der Waals surface area contributed by atoms with Crippen LogP contribution in [0.5, 0.6) is 0 Å². The van der Waals surface area contributed by atoms with Crippen LogP contribution in [0.25, 0.3) is 0 Å². The van der Waals surface area contributed by atoms with E-state index in [2.05, 4.69) is 23.1 Å². The molecule has 0 aliphatic carbocycles. The molecule has 0 unspecified atom stereocenters. The van der Waals surface area contributed by atoms with E-state index in [4.69, 9.17) is 4.74 Å². The number of benzene rings is 2. The quantitative estimate of drug-likeness (QED) is 0.715. The number of anilines is 1. The summed E-state index contributed by atoms with van der Waals surface area (Å²) in [6.07, 6.45) is -0.651. The van der Waals surface area contributed by atoms with Gasteiger partial charge in [0.15, 0.2) is 0 Å². The Morgan fingerprint density at radius 3 is 2.57 bits per heavy atom. The van der Waals surface area contributed by atoms with Crippen LogP contribution in [0.4, 0.5) is 10.5 Å². The largest absolute Gasteiger partial charge is 0.444 e. The van der Waals surface area contributed by atoms with Gasteiger partial charge in [0.2, 0.25) is 5.91 Å². The van der Waals surface area contributed by atoms with Gasteiger partial charge in [-0.2, -0.15) is 0 Å². The number of ether oxygens (including phenoxy) is 1. The number of nitrogens with one attached hydrogen (secondary N) is 3. The summed E-state index contributed by atoms with van der Waals surface area (Å²) in [5.74, 6) is -0.293. The van der Waals surface area contributed by atoms with E-state index in [1.165, 1.54) is 0 Å². The van der Waals surface area contributed by atoms with Crippen molar-refractivity contribution in [1.82, 2.24) is 10.9 Å². The topological polar surface area (TPSA) is 79.5 Å². The first-order chi connectivity index (χ1) is 11.1. The average Bonchev–Trinajstić information content (AvgIpc) is 2.54. The molecule has 0 aliphatic heterocycles. The zero-order valence-electron chi connectivity index (χ0n) is 12.5. The summed E-state index contributed by atoms with van der Waals surface area (Å²) >= 11 is 0. The number of hydrogen-bond donors (Lipinski definition) is 3. The van der Waals surface area contributed by atoms with Crippen LogP contribution in [0.3, 0.4) is 0 Å². The van der Waals surface area contributed by atoms with E-state index in [1.54, 1.807) is 18.2 Å². The molecule has 0 heterocycles. The molecule has 0 bridgehead atoms. The molecule has 0 fully saturated rings. The summed E-state index contributed by atoms with van der Waals surface area (Å²) in [5, 5.41) is 2.68. The second kappa shape index (κ2) is 8.55. The Balaban J connectivity index is 1.64. The van der Waals surface area contributed by atoms with Crippen molar-refractivity contribution in [3.05, 3.63) is 72.6 Å². The first-order valence-corrected chi connectivity index (χ1v) is 7.05. The summed E-state index contributed by atoms with van der Waals surface area (Å²) in [6, 6.07) is 16.4. The van der Waals surface area contributed by atoms with Crippen LogP contribution in [0.1, 0.15) is 11.1 Å². The highest BCUT2D eigenvalue weighted by molar-refractivity contribution is 5.92. The fraction of sp³-hybridized carbons (Fsp3) is 0.118. The van der Waals surface area contributed by atoms with Crippen molar-refractivity contribution in [2.24, 2.45) is 0 Å². The van der Waals surface area contributed by atoms with Gasteiger partial charge in [-0.25, -0.2) is 10.2 Å². The van der Waals surface area contributed by atoms with Crippen LogP contribution in [0.2, 0.25) is 0 Å². The lowest BCUT2D eigenvalue weighted by molar-refractivity contribution is -0.115. The fourth-order valence-corrected chi connectivity index (χ4v) is 1.81. The van der Waals surface area contributed by atoms with Crippen LogP contribution in [0.15, 0.2) is 54.6 Å². The van der Waals surface area contributed by atoms with Crippen molar-refractivity contribution in [2.75, 3.05) is 11.9 Å². The molecule has 3 N–H and O–H groups in total. The maximum absolute atomic E-state index is 11.7. The van der Waals surface area contributed by atoms with Crippen molar-refractivity contribution >= 4 is 17.7 Å². The van der Waals surface area contributed by atoms with Gasteiger partial charge in [-0.1, -0.05) is 42.5 Å². The molecule has 1 radical (unpaired) electrons. The van der Waals surface area contributed by atoms with E-state index in [9.17, 15) is 9.59 Å². The Bertz CT molecular complexity index is 659. The van der Waals surface area contributed by atoms with E-state index in [0.717, 1.165) is 11.1 Å². The molecule has 2 rings (SSSR count). The van der Waals surface area contributed by atoms with Crippen molar-refractivity contribution < 1.29 is 14.3 Å². The Kier molecular flexibility index (Phi) is 6.14. The van der Waals surface area contributed by atoms with Gasteiger partial charge in [-0.05, 0) is 30.2 Å². The molecule has 0 aromatic heterocycles. The van der Waals surface area contributed by atoms with Crippen LogP contribution in [-0.2, 0) is 16.1 Å². The lowest BCUT2D eigenvalue weighted by Crippen LogP contribution is -2.42. The first kappa shape index (κ1) is 16.5. The maximum atomic E-state index is 11.7. The normalized spacial score (nSPS) is 9.96. The lowest BCUT2D eigenvalue weighted by Gasteiger charge is -2.09. The van der Waals surface area contributed by atoms with Crippen molar-refractivity contribution in [1.29, 1.82) is 0 Å². The second-order valence-corrected chi connectivity index (χ2v) is 4.79. The minimum atomic E-state index is -0.651. The molecule has 6 heteroatoms. The smallest absolute Gasteiger partial charge is 0.421 e. The number of amides is 2. The van der Waals surface area contributed by atoms with Gasteiger partial charge < -0.3 is 10.1 Å². The summed E-state index contributed by atoms with van der Waals surface area (Å²) < 4.78 is 4.99. The van der Waals surface area contributed by atoms with Gasteiger partial charge in [-0.15, -0.1) is 0 Å². The predicted molar refractivity (Wildman–Crippen MR) is 87.3 cm³/mol. The molecule has 2 aromatic carbocycles. The summed E-state index contributed by atoms with van der Waals surface area (Å²) in [4.78, 5) is 23.2. The highest BCUT2D eigenvalue weighted by atomic mass is 16.6. The highest BCUT2D eigenvalue weighted by Gasteiger charge is 2.05. The molecule has 0 saturated carbocycles. The molecule has 0 spiro atoms. The molecule has 6 nitrogen and oxygen atoms in total. The Morgan fingerprint density at radius 1 is 1.04 bits per heavy atom. The van der Waals surface area contributed by atoms with E-state index < -0.39 is 6.09 Å². The van der Waals surface area contributed by atoms with E-state index in [1.807, 2.05) is 36.4 Å². The standard InChI is InChI=1S/C17H18N3O3/c1-13-6-5-9-15(10-13)19-16(21)11-18-20-17(22)23-12-14-7-3-2-4-8-14/h2-10,18H,1,11-12H2,(H,19,21)(H,20,22). The Labute approximate surface area is 134 Å². The summed E-state index contributed by atoms with van der Waals surface area (Å²) in [6.45, 7) is 3.86. The van der Waals surface area contributed by atoms with Crippen LogP contribution < -0.4 is 16.2 Å². The summed E-state index contributed by atoms with van der Waals surface area (Å²) in [7, 11) is 0. The number of hydrogen-bond acceptors (Lipinski definition) is 4. The average molecular weight is 312 g/mol. The Morgan fingerprint density at radius 2 is 1.83 bits per heavy atom. The summed E-state index contributed by atoms with van der Waals surface area (Å²) in [5.41, 5.74) is 7.14. The molecule has 0 atom stereocenters. The number of rotatable bonds is 6. The van der Waals surface area contributed by atoms with E-state index >= 15 is 0 Å². The first-order valence-electron chi connectivity index (χ1n) is 7.05. The molecule has 119 valence electrons. The zero-order valence-corrected chi connectivity index (χ0v) is 12.5. The SMILES string of the molecule is [CH2]c1cccc(NC(=O)CNNC(=O)OCc2ccccc2)c1.